The van der Waals surface area contributed by atoms with Crippen LogP contribution in [0.3, 0.4) is 0 Å². The monoisotopic (exact) mass is 550 g/mol. The number of Topliss-reactive ketones (excluding diaryl/α,β-unsaturated/α-hetero) is 1. The number of carbonyl (C=O) groups excluding carboxylic acids is 2. The van der Waals surface area contributed by atoms with Crippen molar-refractivity contribution in [2.75, 3.05) is 20.3 Å². The number of nitrogens with one attached hydrogen (secondary N) is 1. The molecule has 38 heavy (non-hydrogen) atoms. The van der Waals surface area contributed by atoms with E-state index < -0.39 is 49.9 Å². The molecular weight excluding hydrogens is 522 g/mol. The quantitative estimate of drug-likeness (QED) is 0.580. The summed E-state index contributed by atoms with van der Waals surface area (Å²) in [5.74, 6) is -2.14. The summed E-state index contributed by atoms with van der Waals surface area (Å²) in [4.78, 5) is 33.5. The van der Waals surface area contributed by atoms with Crippen LogP contribution in [-0.2, 0) is 31.5 Å². The highest BCUT2D eigenvalue weighted by Crippen LogP contribution is 2.44. The number of ether oxygens (including phenoxy) is 2. The van der Waals surface area contributed by atoms with E-state index in [1.54, 1.807) is 20.8 Å². The third-order valence-corrected chi connectivity index (χ3v) is 8.49. The minimum atomic E-state index is -4.13. The lowest BCUT2D eigenvalue weighted by atomic mass is 9.83. The molecule has 204 valence electrons. The van der Waals surface area contributed by atoms with Gasteiger partial charge in [0.15, 0.2) is 5.78 Å². The first-order valence-electron chi connectivity index (χ1n) is 11.8. The number of aliphatic imine (C=N–C) groups is 1. The third kappa shape index (κ3) is 5.39. The molecule has 2 aliphatic heterocycles. The summed E-state index contributed by atoms with van der Waals surface area (Å²) in [5.41, 5.74) is -2.31. The molecule has 4 rings (SSSR count). The van der Waals surface area contributed by atoms with Gasteiger partial charge in [0.2, 0.25) is 16.0 Å². The summed E-state index contributed by atoms with van der Waals surface area (Å²) >= 11 is 0. The van der Waals surface area contributed by atoms with Gasteiger partial charge in [-0.2, -0.15) is 0 Å². The first kappa shape index (κ1) is 27.6. The largest absolute Gasteiger partial charge is 0.444 e. The Morgan fingerprint density at radius 2 is 1.97 bits per heavy atom. The maximum Gasteiger partial charge on any atom is 0.414 e. The van der Waals surface area contributed by atoms with Crippen LogP contribution in [0.25, 0.3) is 0 Å². The summed E-state index contributed by atoms with van der Waals surface area (Å²) < 4.78 is 67.4. The molecule has 2 atom stereocenters. The number of amides is 1. The zero-order valence-electron chi connectivity index (χ0n) is 21.3. The van der Waals surface area contributed by atoms with Crippen molar-refractivity contribution in [3.05, 3.63) is 65.0 Å². The Balaban J connectivity index is 1.77. The molecule has 1 saturated heterocycles. The molecule has 2 aromatic rings. The molecule has 0 spiro atoms. The van der Waals surface area contributed by atoms with Gasteiger partial charge in [0, 0.05) is 25.6 Å². The van der Waals surface area contributed by atoms with Crippen LogP contribution < -0.4 is 5.32 Å². The van der Waals surface area contributed by atoms with Gasteiger partial charge in [-0.05, 0) is 57.0 Å². The number of aromatic nitrogens is 1. The molecule has 13 heteroatoms. The van der Waals surface area contributed by atoms with Crippen LogP contribution in [0.5, 0.6) is 0 Å². The fourth-order valence-corrected chi connectivity index (χ4v) is 6.31. The van der Waals surface area contributed by atoms with Crippen LogP contribution in [0.4, 0.5) is 13.6 Å². The van der Waals surface area contributed by atoms with Crippen molar-refractivity contribution in [2.24, 2.45) is 4.99 Å². The molecule has 1 fully saturated rings. The maximum absolute atomic E-state index is 15.4. The number of hydrogen-bond donors (Lipinski definition) is 1. The average Bonchev–Trinajstić information content (AvgIpc) is 2.83. The van der Waals surface area contributed by atoms with Crippen LogP contribution in [0.1, 0.15) is 48.8 Å². The zero-order chi connectivity index (χ0) is 27.9. The number of guanidine groups is 1. The summed E-state index contributed by atoms with van der Waals surface area (Å²) in [6.45, 7) is 4.77. The number of nitrogens with zero attached hydrogens (tertiary/aromatic N) is 3. The normalized spacial score (nSPS) is 22.7. The molecular formula is C25H28F2N4O6S. The lowest BCUT2D eigenvalue weighted by molar-refractivity contribution is 0.0352. The number of ketones is 1. The van der Waals surface area contributed by atoms with E-state index in [1.165, 1.54) is 25.2 Å². The summed E-state index contributed by atoms with van der Waals surface area (Å²) in [5, 5.41) is 1.17. The molecule has 1 amide bonds. The number of rotatable bonds is 4. The Morgan fingerprint density at radius 3 is 2.63 bits per heavy atom. The topological polar surface area (TPSA) is 127 Å². The molecule has 1 unspecified atom stereocenters. The average molecular weight is 551 g/mol. The van der Waals surface area contributed by atoms with E-state index in [2.05, 4.69) is 15.3 Å². The van der Waals surface area contributed by atoms with E-state index in [1.807, 2.05) is 0 Å². The fraction of sp³-hybridized carbons (Fsp3) is 0.440. The number of halogens is 2. The van der Waals surface area contributed by atoms with Crippen molar-refractivity contribution in [3.8, 4) is 0 Å². The molecule has 1 N–H and O–H groups in total. The molecule has 3 heterocycles. The molecule has 0 saturated carbocycles. The van der Waals surface area contributed by atoms with E-state index in [-0.39, 0.29) is 43.3 Å². The van der Waals surface area contributed by atoms with Crippen LogP contribution in [-0.4, -0.2) is 66.7 Å². The summed E-state index contributed by atoms with van der Waals surface area (Å²) in [6.07, 6.45) is -0.190. The number of pyridine rings is 1. The molecule has 0 bridgehead atoms. The Morgan fingerprint density at radius 1 is 1.24 bits per heavy atom. The van der Waals surface area contributed by atoms with Gasteiger partial charge in [-0.25, -0.2) is 31.3 Å². The molecule has 1 aromatic carbocycles. The van der Waals surface area contributed by atoms with E-state index in [9.17, 15) is 22.4 Å². The highest BCUT2D eigenvalue weighted by molar-refractivity contribution is 7.90. The van der Waals surface area contributed by atoms with Crippen LogP contribution in [0, 0.1) is 11.6 Å². The SMILES string of the molecule is CN1C(NC(=O)OC(C)(C)C)=N[C@@]2(c3cc(CC(=O)c4ccc(F)cn4)ccc3F)COCCC2S1(=O)=O. The van der Waals surface area contributed by atoms with Gasteiger partial charge in [0.05, 0.1) is 12.8 Å². The second-order valence-corrected chi connectivity index (χ2v) is 12.3. The standard InChI is InChI=1S/C25H28F2N4O6S/c1-24(2,3)37-23(33)29-22-30-25(14-36-10-9-21(25)38(34,35)31(22)4)17-11-15(5-7-18(17)27)12-20(32)19-8-6-16(26)13-28-19/h5-8,11,13,21H,9-10,12,14H2,1-4H3,(H,29,30,33)/t21?,25-/m1/s1. The Labute approximate surface area is 219 Å². The smallest absolute Gasteiger partial charge is 0.414 e. The zero-order valence-corrected chi connectivity index (χ0v) is 22.1. The van der Waals surface area contributed by atoms with Gasteiger partial charge in [-0.3, -0.25) is 15.1 Å². The number of fused-ring (bicyclic) bond motifs is 1. The van der Waals surface area contributed by atoms with Crippen LogP contribution in [0.2, 0.25) is 0 Å². The van der Waals surface area contributed by atoms with Crippen molar-refractivity contribution in [3.63, 3.8) is 0 Å². The number of alkyl carbamates (subject to hydrolysis) is 1. The molecule has 2 aliphatic rings. The minimum Gasteiger partial charge on any atom is -0.444 e. The van der Waals surface area contributed by atoms with Gasteiger partial charge in [-0.15, -0.1) is 0 Å². The maximum atomic E-state index is 15.4. The predicted octanol–water partition coefficient (Wildman–Crippen LogP) is 2.93. The summed E-state index contributed by atoms with van der Waals surface area (Å²) in [7, 11) is -2.89. The van der Waals surface area contributed by atoms with Crippen molar-refractivity contribution in [1.82, 2.24) is 14.6 Å². The van der Waals surface area contributed by atoms with Gasteiger partial charge in [-0.1, -0.05) is 6.07 Å². The van der Waals surface area contributed by atoms with Crippen molar-refractivity contribution in [1.29, 1.82) is 0 Å². The molecule has 1 aromatic heterocycles. The van der Waals surface area contributed by atoms with Crippen molar-refractivity contribution in [2.45, 2.75) is 50.0 Å². The lowest BCUT2D eigenvalue weighted by Crippen LogP contribution is -2.62. The number of hydrogen-bond acceptors (Lipinski definition) is 8. The van der Waals surface area contributed by atoms with Crippen molar-refractivity contribution >= 4 is 27.9 Å². The Hall–Kier alpha value is -3.45. The van der Waals surface area contributed by atoms with Gasteiger partial charge in [0.25, 0.3) is 0 Å². The highest BCUT2D eigenvalue weighted by atomic mass is 32.2. The molecule has 0 aliphatic carbocycles. The van der Waals surface area contributed by atoms with E-state index in [0.29, 0.717) is 5.56 Å². The third-order valence-electron chi connectivity index (χ3n) is 6.21. The first-order valence-corrected chi connectivity index (χ1v) is 13.3. The Kier molecular flexibility index (Phi) is 7.28. The van der Waals surface area contributed by atoms with E-state index in [4.69, 9.17) is 9.47 Å². The fourth-order valence-electron chi connectivity index (χ4n) is 4.46. The highest BCUT2D eigenvalue weighted by Gasteiger charge is 2.56. The van der Waals surface area contributed by atoms with Gasteiger partial charge < -0.3 is 9.47 Å². The van der Waals surface area contributed by atoms with Crippen LogP contribution in [0.15, 0.2) is 41.5 Å². The summed E-state index contributed by atoms with van der Waals surface area (Å²) in [6, 6.07) is 6.24. The van der Waals surface area contributed by atoms with Gasteiger partial charge >= 0.3 is 6.09 Å². The first-order chi connectivity index (χ1) is 17.7. The van der Waals surface area contributed by atoms with E-state index >= 15 is 4.39 Å². The van der Waals surface area contributed by atoms with Gasteiger partial charge in [0.1, 0.15) is 33.7 Å². The van der Waals surface area contributed by atoms with Crippen LogP contribution >= 0.6 is 0 Å². The second-order valence-electron chi connectivity index (χ2n) is 10.1. The number of benzene rings is 1. The Bertz CT molecular complexity index is 1390. The molecule has 0 radical (unpaired) electrons. The molecule has 10 nitrogen and oxygen atoms in total. The minimum absolute atomic E-state index is 0.0258. The second kappa shape index (κ2) is 10.0. The van der Waals surface area contributed by atoms with E-state index in [0.717, 1.165) is 22.6 Å². The van der Waals surface area contributed by atoms with Crippen molar-refractivity contribution < 1.29 is 36.3 Å². The number of sulfonamides is 1. The number of carbonyl (C=O) groups is 2. The predicted molar refractivity (Wildman–Crippen MR) is 133 cm³/mol. The lowest BCUT2D eigenvalue weighted by Gasteiger charge is -2.46.